The Labute approximate surface area is 122 Å². The summed E-state index contributed by atoms with van der Waals surface area (Å²) in [5.74, 6) is 0.662. The number of halogens is 2. The van der Waals surface area contributed by atoms with E-state index >= 15 is 0 Å². The summed E-state index contributed by atoms with van der Waals surface area (Å²) in [5.41, 5.74) is 0. The molecular formula is C12H17BrClNO2S. The minimum atomic E-state index is -3.49. The van der Waals surface area contributed by atoms with E-state index in [1.807, 2.05) is 13.8 Å². The van der Waals surface area contributed by atoms with Gasteiger partial charge in [-0.1, -0.05) is 29.8 Å². The van der Waals surface area contributed by atoms with Crippen LogP contribution in [0.2, 0.25) is 0 Å². The molecule has 1 aromatic carbocycles. The summed E-state index contributed by atoms with van der Waals surface area (Å²) in [6, 6.07) is 6.29. The Kier molecular flexibility index (Phi) is 6.11. The van der Waals surface area contributed by atoms with Gasteiger partial charge in [-0.3, -0.25) is 0 Å². The monoisotopic (exact) mass is 353 g/mol. The first-order chi connectivity index (χ1) is 8.35. The first-order valence-electron chi connectivity index (χ1n) is 5.69. The molecule has 0 aliphatic heterocycles. The van der Waals surface area contributed by atoms with Gasteiger partial charge in [-0.05, 0) is 36.6 Å². The molecule has 0 amide bonds. The zero-order valence-electron chi connectivity index (χ0n) is 10.4. The molecule has 0 bridgehead atoms. The summed E-state index contributed by atoms with van der Waals surface area (Å²) in [6.45, 7) is 4.07. The maximum Gasteiger partial charge on any atom is 0.240 e. The van der Waals surface area contributed by atoms with Gasteiger partial charge >= 0.3 is 0 Å². The summed E-state index contributed by atoms with van der Waals surface area (Å²) < 4.78 is 27.7. The third-order valence-electron chi connectivity index (χ3n) is 2.39. The predicted octanol–water partition coefficient (Wildman–Crippen LogP) is 3.38. The van der Waals surface area contributed by atoms with Crippen molar-refractivity contribution in [3.05, 3.63) is 28.7 Å². The minimum absolute atomic E-state index is 0.236. The van der Waals surface area contributed by atoms with Gasteiger partial charge in [0.15, 0.2) is 0 Å². The molecule has 0 heterocycles. The van der Waals surface area contributed by atoms with Crippen LogP contribution in [0, 0.1) is 5.92 Å². The van der Waals surface area contributed by atoms with E-state index in [9.17, 15) is 8.42 Å². The fourth-order valence-corrected chi connectivity index (χ4v) is 3.42. The van der Waals surface area contributed by atoms with Gasteiger partial charge in [0.1, 0.15) is 0 Å². The van der Waals surface area contributed by atoms with Gasteiger partial charge in [0.2, 0.25) is 10.0 Å². The largest absolute Gasteiger partial charge is 0.240 e. The van der Waals surface area contributed by atoms with Crippen LogP contribution in [-0.4, -0.2) is 20.3 Å². The highest BCUT2D eigenvalue weighted by molar-refractivity contribution is 9.10. The van der Waals surface area contributed by atoms with Crippen molar-refractivity contribution in [2.24, 2.45) is 5.92 Å². The predicted molar refractivity (Wildman–Crippen MR) is 78.4 cm³/mol. The van der Waals surface area contributed by atoms with Gasteiger partial charge in [-0.2, -0.15) is 0 Å². The molecular weight excluding hydrogens is 338 g/mol. The lowest BCUT2D eigenvalue weighted by Gasteiger charge is -2.18. The van der Waals surface area contributed by atoms with E-state index in [4.69, 9.17) is 11.6 Å². The second-order valence-corrected chi connectivity index (χ2v) is 7.49. The summed E-state index contributed by atoms with van der Waals surface area (Å²) in [6.07, 6.45) is 0.721. The van der Waals surface area contributed by atoms with Crippen molar-refractivity contribution in [2.75, 3.05) is 5.88 Å². The topological polar surface area (TPSA) is 46.2 Å². The number of alkyl halides is 1. The second kappa shape index (κ2) is 6.89. The average Bonchev–Trinajstić information content (AvgIpc) is 2.27. The zero-order valence-corrected chi connectivity index (χ0v) is 13.5. The Morgan fingerprint density at radius 2 is 1.83 bits per heavy atom. The van der Waals surface area contributed by atoms with E-state index in [0.717, 1.165) is 10.9 Å². The third kappa shape index (κ3) is 4.88. The average molecular weight is 355 g/mol. The first kappa shape index (κ1) is 16.0. The lowest BCUT2D eigenvalue weighted by atomic mass is 10.1. The van der Waals surface area contributed by atoms with Crippen molar-refractivity contribution < 1.29 is 8.42 Å². The molecule has 0 saturated carbocycles. The van der Waals surface area contributed by atoms with Crippen molar-refractivity contribution in [3.8, 4) is 0 Å². The lowest BCUT2D eigenvalue weighted by Crippen LogP contribution is -2.37. The maximum absolute atomic E-state index is 12.1. The van der Waals surface area contributed by atoms with Gasteiger partial charge < -0.3 is 0 Å². The molecule has 1 rings (SSSR count). The zero-order chi connectivity index (χ0) is 13.8. The highest BCUT2D eigenvalue weighted by Gasteiger charge is 2.20. The van der Waals surface area contributed by atoms with Gasteiger partial charge in [0.05, 0.1) is 4.90 Å². The molecule has 1 N–H and O–H groups in total. The van der Waals surface area contributed by atoms with Crippen LogP contribution in [0.25, 0.3) is 0 Å². The van der Waals surface area contributed by atoms with Crippen molar-refractivity contribution in [2.45, 2.75) is 31.2 Å². The normalized spacial score (nSPS) is 13.8. The number of sulfonamides is 1. The van der Waals surface area contributed by atoms with Crippen LogP contribution in [0.3, 0.4) is 0 Å². The molecule has 0 aliphatic carbocycles. The van der Waals surface area contributed by atoms with Crippen LogP contribution in [0.5, 0.6) is 0 Å². The number of hydrogen-bond donors (Lipinski definition) is 1. The van der Waals surface area contributed by atoms with Gasteiger partial charge in [0, 0.05) is 16.4 Å². The van der Waals surface area contributed by atoms with Gasteiger partial charge in [-0.15, -0.1) is 11.6 Å². The minimum Gasteiger partial charge on any atom is -0.207 e. The Bertz CT molecular complexity index is 473. The Morgan fingerprint density at radius 1 is 1.28 bits per heavy atom. The van der Waals surface area contributed by atoms with Crippen LogP contribution in [0.15, 0.2) is 33.6 Å². The summed E-state index contributed by atoms with van der Waals surface area (Å²) >= 11 is 9.07. The Balaban J connectivity index is 2.83. The van der Waals surface area contributed by atoms with Crippen molar-refractivity contribution in [1.29, 1.82) is 0 Å². The van der Waals surface area contributed by atoms with E-state index in [1.165, 1.54) is 0 Å². The summed E-state index contributed by atoms with van der Waals surface area (Å²) in [4.78, 5) is 0.254. The number of hydrogen-bond acceptors (Lipinski definition) is 2. The van der Waals surface area contributed by atoms with E-state index in [2.05, 4.69) is 20.7 Å². The highest BCUT2D eigenvalue weighted by Crippen LogP contribution is 2.16. The van der Waals surface area contributed by atoms with Crippen LogP contribution < -0.4 is 4.72 Å². The van der Waals surface area contributed by atoms with Gasteiger partial charge in [0.25, 0.3) is 0 Å². The molecule has 0 spiro atoms. The quantitative estimate of drug-likeness (QED) is 0.796. The maximum atomic E-state index is 12.1. The fourth-order valence-electron chi connectivity index (χ4n) is 1.61. The summed E-state index contributed by atoms with van der Waals surface area (Å²) in [7, 11) is -3.49. The van der Waals surface area contributed by atoms with Crippen LogP contribution in [0.4, 0.5) is 0 Å². The Hall–Kier alpha value is -0.100. The molecule has 3 nitrogen and oxygen atoms in total. The number of nitrogens with one attached hydrogen (secondary N) is 1. The fraction of sp³-hybridized carbons (Fsp3) is 0.500. The molecule has 0 fully saturated rings. The van der Waals surface area contributed by atoms with E-state index in [-0.39, 0.29) is 16.8 Å². The van der Waals surface area contributed by atoms with Crippen molar-refractivity contribution >= 4 is 37.6 Å². The molecule has 0 aromatic heterocycles. The molecule has 1 atom stereocenters. The highest BCUT2D eigenvalue weighted by atomic mass is 79.9. The molecule has 1 unspecified atom stereocenters. The molecule has 102 valence electrons. The van der Waals surface area contributed by atoms with Crippen LogP contribution >= 0.6 is 27.5 Å². The lowest BCUT2D eigenvalue weighted by molar-refractivity contribution is 0.485. The summed E-state index contributed by atoms with van der Waals surface area (Å²) in [5, 5.41) is 0. The van der Waals surface area contributed by atoms with Crippen LogP contribution in [-0.2, 0) is 10.0 Å². The van der Waals surface area contributed by atoms with Crippen molar-refractivity contribution in [3.63, 3.8) is 0 Å². The SMILES string of the molecule is CC(C)CC(CCl)NS(=O)(=O)c1ccc(Br)cc1. The molecule has 18 heavy (non-hydrogen) atoms. The van der Waals surface area contributed by atoms with Gasteiger partial charge in [-0.25, -0.2) is 13.1 Å². The Morgan fingerprint density at radius 3 is 2.28 bits per heavy atom. The second-order valence-electron chi connectivity index (χ2n) is 4.56. The third-order valence-corrected chi connectivity index (χ3v) is 4.83. The van der Waals surface area contributed by atoms with Crippen molar-refractivity contribution in [1.82, 2.24) is 4.72 Å². The number of benzene rings is 1. The first-order valence-corrected chi connectivity index (χ1v) is 8.50. The smallest absolute Gasteiger partial charge is 0.207 e. The van der Waals surface area contributed by atoms with Crippen LogP contribution in [0.1, 0.15) is 20.3 Å². The number of rotatable bonds is 6. The molecule has 6 heteroatoms. The molecule has 0 saturated heterocycles. The molecule has 1 aromatic rings. The van der Waals surface area contributed by atoms with E-state index < -0.39 is 10.0 Å². The van der Waals surface area contributed by atoms with E-state index in [0.29, 0.717) is 5.92 Å². The standard InChI is InChI=1S/C12H17BrClNO2S/c1-9(2)7-11(8-14)15-18(16,17)12-5-3-10(13)4-6-12/h3-6,9,11,15H,7-8H2,1-2H3. The van der Waals surface area contributed by atoms with E-state index in [1.54, 1.807) is 24.3 Å². The molecule has 0 radical (unpaired) electrons. The molecule has 0 aliphatic rings.